The Labute approximate surface area is 131 Å². The molecule has 0 amide bonds. The zero-order chi connectivity index (χ0) is 16.5. The van der Waals surface area contributed by atoms with E-state index in [9.17, 15) is 22.8 Å². The van der Waals surface area contributed by atoms with E-state index in [1.165, 1.54) is 11.9 Å². The third kappa shape index (κ3) is 3.98. The lowest BCUT2D eigenvalue weighted by atomic mass is 9.83. The molecule has 1 fully saturated rings. The minimum atomic E-state index is -4.58. The van der Waals surface area contributed by atoms with Crippen molar-refractivity contribution in [2.45, 2.75) is 6.18 Å². The van der Waals surface area contributed by atoms with Gasteiger partial charge in [0, 0.05) is 10.7 Å². The lowest BCUT2D eigenvalue weighted by molar-refractivity contribution is -0.145. The van der Waals surface area contributed by atoms with Crippen molar-refractivity contribution in [2.75, 3.05) is 20.1 Å². The zero-order valence-corrected chi connectivity index (χ0v) is 12.8. The molecule has 1 saturated heterocycles. The molecule has 0 saturated carbocycles. The predicted molar refractivity (Wildman–Crippen MR) is 72.0 cm³/mol. The highest BCUT2D eigenvalue weighted by Crippen LogP contribution is 2.33. The summed E-state index contributed by atoms with van der Waals surface area (Å²) in [7, 11) is 0.0443. The van der Waals surface area contributed by atoms with E-state index in [2.05, 4.69) is 20.9 Å². The summed E-state index contributed by atoms with van der Waals surface area (Å²) in [5.74, 6) is -1.37. The first-order valence-electron chi connectivity index (χ1n) is 5.97. The van der Waals surface area contributed by atoms with Crippen molar-refractivity contribution in [1.82, 2.24) is 9.88 Å². The number of alkyl halides is 3. The third-order valence-electron chi connectivity index (χ3n) is 2.70. The lowest BCUT2D eigenvalue weighted by Gasteiger charge is -2.22. The Balaban J connectivity index is 2.28. The van der Waals surface area contributed by atoms with Crippen LogP contribution in [0.4, 0.5) is 13.2 Å². The van der Waals surface area contributed by atoms with Crippen LogP contribution in [-0.2, 0) is 25.1 Å². The minimum Gasteiger partial charge on any atom is -0.493 e. The largest absolute Gasteiger partial charge is 0.656 e. The number of nitrogens with zero attached hydrogens (tertiary/aromatic N) is 2. The van der Waals surface area contributed by atoms with Crippen LogP contribution in [0.2, 0.25) is 0 Å². The van der Waals surface area contributed by atoms with Crippen molar-refractivity contribution in [1.29, 1.82) is 0 Å². The van der Waals surface area contributed by atoms with Gasteiger partial charge in [0.05, 0.1) is 18.7 Å². The molecule has 2 heterocycles. The summed E-state index contributed by atoms with van der Waals surface area (Å²) < 4.78 is 47.5. The minimum absolute atomic E-state index is 0.119. The first-order chi connectivity index (χ1) is 10.2. The average molecular weight is 381 g/mol. The van der Waals surface area contributed by atoms with Crippen LogP contribution >= 0.6 is 15.9 Å². The Kier molecular flexibility index (Phi) is 4.76. The zero-order valence-electron chi connectivity index (χ0n) is 11.2. The van der Waals surface area contributed by atoms with Crippen LogP contribution in [0.25, 0.3) is 0 Å². The van der Waals surface area contributed by atoms with Crippen molar-refractivity contribution in [3.63, 3.8) is 0 Å². The van der Waals surface area contributed by atoms with Gasteiger partial charge in [-0.2, -0.15) is 13.2 Å². The van der Waals surface area contributed by atoms with Crippen molar-refractivity contribution in [3.05, 3.63) is 22.3 Å². The number of likely N-dealkylation sites (N-methyl/N-ethyl adjacent to an activating group) is 1. The Morgan fingerprint density at radius 1 is 1.27 bits per heavy atom. The summed E-state index contributed by atoms with van der Waals surface area (Å²) in [5.41, 5.74) is -1.11. The van der Waals surface area contributed by atoms with Gasteiger partial charge < -0.3 is 9.31 Å². The number of hydrogen-bond acceptors (Lipinski definition) is 6. The van der Waals surface area contributed by atoms with Gasteiger partial charge in [0.1, 0.15) is 5.59 Å². The van der Waals surface area contributed by atoms with Crippen LogP contribution in [0.5, 0.6) is 0 Å². The van der Waals surface area contributed by atoms with E-state index in [0.29, 0.717) is 6.20 Å². The highest BCUT2D eigenvalue weighted by molar-refractivity contribution is 9.10. The number of carbonyl (C=O) groups excluding carboxylic acids is 2. The van der Waals surface area contributed by atoms with Crippen molar-refractivity contribution >= 4 is 40.6 Å². The molecule has 0 aromatic carbocycles. The number of pyridine rings is 1. The Morgan fingerprint density at radius 2 is 1.82 bits per heavy atom. The number of hydrogen-bond donors (Lipinski definition) is 0. The van der Waals surface area contributed by atoms with Gasteiger partial charge in [-0.3, -0.25) is 19.5 Å². The molecule has 0 unspecified atom stereocenters. The average Bonchev–Trinajstić information content (AvgIpc) is 2.34. The Hall–Kier alpha value is -1.62. The van der Waals surface area contributed by atoms with E-state index < -0.39 is 30.8 Å². The second-order valence-electron chi connectivity index (χ2n) is 4.57. The number of halogens is 4. The molecule has 0 radical (unpaired) electrons. The Bertz CT molecular complexity index is 593. The standard InChI is InChI=1S/C11H9BBrF3N2O4/c1-18-4-9(19)21-12(22-10(20)5-18)8-2-7(13)6(3-17-8)11(14,15)16/h2-3H,4-5H2,1H3. The molecule has 0 aliphatic carbocycles. The fourth-order valence-corrected chi connectivity index (χ4v) is 2.30. The van der Waals surface area contributed by atoms with Gasteiger partial charge in [-0.1, -0.05) is 15.9 Å². The van der Waals surface area contributed by atoms with E-state index in [1.807, 2.05) is 0 Å². The molecule has 11 heteroatoms. The first-order valence-corrected chi connectivity index (χ1v) is 6.76. The second-order valence-corrected chi connectivity index (χ2v) is 5.43. The van der Waals surface area contributed by atoms with Crippen LogP contribution in [-0.4, -0.2) is 49.1 Å². The van der Waals surface area contributed by atoms with Gasteiger partial charge >= 0.3 is 25.2 Å². The lowest BCUT2D eigenvalue weighted by Crippen LogP contribution is -2.48. The number of aromatic nitrogens is 1. The van der Waals surface area contributed by atoms with Crippen LogP contribution in [0.15, 0.2) is 16.7 Å². The molecule has 118 valence electrons. The van der Waals surface area contributed by atoms with Crippen molar-refractivity contribution in [2.24, 2.45) is 0 Å². The molecule has 2 rings (SSSR count). The summed E-state index contributed by atoms with van der Waals surface area (Å²) in [4.78, 5) is 28.1. The highest BCUT2D eigenvalue weighted by Gasteiger charge is 2.38. The molecule has 22 heavy (non-hydrogen) atoms. The summed E-state index contributed by atoms with van der Waals surface area (Å²) in [6.45, 7) is -0.291. The molecular weight excluding hydrogens is 372 g/mol. The van der Waals surface area contributed by atoms with Gasteiger partial charge in [-0.25, -0.2) is 0 Å². The SMILES string of the molecule is CN1CC(=O)OB(c2cc(Br)c(C(F)(F)F)cn2)OC(=O)C1. The van der Waals surface area contributed by atoms with E-state index in [-0.39, 0.29) is 23.2 Å². The molecule has 1 aliphatic heterocycles. The topological polar surface area (TPSA) is 68.7 Å². The molecule has 6 nitrogen and oxygen atoms in total. The molecule has 0 N–H and O–H groups in total. The van der Waals surface area contributed by atoms with E-state index in [4.69, 9.17) is 9.31 Å². The maximum absolute atomic E-state index is 12.7. The van der Waals surface area contributed by atoms with E-state index in [1.54, 1.807) is 0 Å². The van der Waals surface area contributed by atoms with Crippen molar-refractivity contribution < 1.29 is 32.1 Å². The molecule has 1 aliphatic rings. The van der Waals surface area contributed by atoms with Crippen LogP contribution in [0, 0.1) is 0 Å². The summed E-state index contributed by atoms with van der Waals surface area (Å²) in [6.07, 6.45) is -4.01. The molecule has 0 atom stereocenters. The maximum Gasteiger partial charge on any atom is 0.656 e. The van der Waals surface area contributed by atoms with E-state index in [0.717, 1.165) is 6.07 Å². The van der Waals surface area contributed by atoms with Gasteiger partial charge in [-0.15, -0.1) is 0 Å². The van der Waals surface area contributed by atoms with Gasteiger partial charge in [0.15, 0.2) is 0 Å². The number of rotatable bonds is 1. The van der Waals surface area contributed by atoms with Crippen LogP contribution in [0.1, 0.15) is 5.56 Å². The normalized spacial score (nSPS) is 17.6. The van der Waals surface area contributed by atoms with Crippen molar-refractivity contribution in [3.8, 4) is 0 Å². The predicted octanol–water partition coefficient (Wildman–Crippen LogP) is 0.590. The van der Waals surface area contributed by atoms with E-state index >= 15 is 0 Å². The molecule has 0 bridgehead atoms. The smallest absolute Gasteiger partial charge is 0.493 e. The molecule has 1 aromatic heterocycles. The van der Waals surface area contributed by atoms with Crippen LogP contribution in [0.3, 0.4) is 0 Å². The highest BCUT2D eigenvalue weighted by atomic mass is 79.9. The molecular formula is C11H9BBrF3N2O4. The van der Waals surface area contributed by atoms with Crippen LogP contribution < -0.4 is 5.59 Å². The summed E-state index contributed by atoms with van der Waals surface area (Å²) >= 11 is 2.78. The van der Waals surface area contributed by atoms with Gasteiger partial charge in [0.2, 0.25) is 0 Å². The molecule has 0 spiro atoms. The summed E-state index contributed by atoms with van der Waals surface area (Å²) in [6, 6.07) is 0.999. The Morgan fingerprint density at radius 3 is 2.27 bits per heavy atom. The fourth-order valence-electron chi connectivity index (χ4n) is 1.74. The van der Waals surface area contributed by atoms with Gasteiger partial charge in [0.25, 0.3) is 0 Å². The quantitative estimate of drug-likeness (QED) is 0.664. The summed E-state index contributed by atoms with van der Waals surface area (Å²) in [5, 5.41) is 0. The molecule has 1 aromatic rings. The maximum atomic E-state index is 12.7. The second kappa shape index (κ2) is 6.25. The first kappa shape index (κ1) is 16.8. The van der Waals surface area contributed by atoms with Gasteiger partial charge in [-0.05, 0) is 13.1 Å². The third-order valence-corrected chi connectivity index (χ3v) is 3.35. The fraction of sp³-hybridized carbons (Fsp3) is 0.364. The monoisotopic (exact) mass is 380 g/mol. The number of carbonyl (C=O) groups is 2.